The molecule has 9 nitrogen and oxygen atoms in total. The molecule has 2 aliphatic heterocycles. The molecule has 11 heteroatoms. The van der Waals surface area contributed by atoms with Gasteiger partial charge in [-0.25, -0.2) is 8.42 Å². The number of hydrogen-bond acceptors (Lipinski definition) is 8. The van der Waals surface area contributed by atoms with Gasteiger partial charge < -0.3 is 28.3 Å². The van der Waals surface area contributed by atoms with Gasteiger partial charge in [0.2, 0.25) is 10.0 Å². The lowest BCUT2D eigenvalue weighted by Crippen LogP contribution is -2.56. The van der Waals surface area contributed by atoms with Crippen LogP contribution in [0.1, 0.15) is 77.0 Å². The molecular weight excluding hydrogens is 705 g/mol. The molecule has 3 aromatic rings. The third-order valence-electron chi connectivity index (χ3n) is 11.4. The second kappa shape index (κ2) is 18.1. The van der Waals surface area contributed by atoms with Gasteiger partial charge in [-0.2, -0.15) is 4.31 Å². The van der Waals surface area contributed by atoms with Crippen molar-refractivity contribution in [2.24, 2.45) is 0 Å². The fourth-order valence-electron chi connectivity index (χ4n) is 8.66. The Labute approximate surface area is 320 Å². The van der Waals surface area contributed by atoms with E-state index < -0.39 is 24.4 Å². The number of anilines is 1. The van der Waals surface area contributed by atoms with Gasteiger partial charge in [-0.1, -0.05) is 77.4 Å². The predicted molar refractivity (Wildman–Crippen MR) is 215 cm³/mol. The lowest BCUT2D eigenvalue weighted by molar-refractivity contribution is -0.0262. The van der Waals surface area contributed by atoms with Crippen molar-refractivity contribution in [2.75, 3.05) is 58.6 Å². The summed E-state index contributed by atoms with van der Waals surface area (Å²) in [6.07, 6.45) is 1.08. The van der Waals surface area contributed by atoms with Gasteiger partial charge in [0.15, 0.2) is 8.32 Å². The second-order valence-electron chi connectivity index (χ2n) is 15.6. The molecule has 0 amide bonds. The van der Waals surface area contributed by atoms with E-state index in [4.69, 9.17) is 23.4 Å². The summed E-state index contributed by atoms with van der Waals surface area (Å²) in [5, 5.41) is 0. The first-order valence-electron chi connectivity index (χ1n) is 19.3. The molecule has 5 rings (SSSR count). The maximum absolute atomic E-state index is 14.7. The van der Waals surface area contributed by atoms with Gasteiger partial charge in [-0.05, 0) is 83.9 Å². The van der Waals surface area contributed by atoms with Crippen molar-refractivity contribution in [1.29, 1.82) is 0 Å². The van der Waals surface area contributed by atoms with Crippen LogP contribution in [0.5, 0.6) is 11.5 Å². The van der Waals surface area contributed by atoms with Crippen LogP contribution in [-0.2, 0) is 30.5 Å². The second-order valence-corrected chi connectivity index (χ2v) is 23.0. The minimum atomic E-state index is -3.88. The van der Waals surface area contributed by atoms with E-state index in [1.807, 2.05) is 43.3 Å². The van der Waals surface area contributed by atoms with Gasteiger partial charge in [0.25, 0.3) is 0 Å². The van der Waals surface area contributed by atoms with E-state index in [9.17, 15) is 8.42 Å². The number of rotatable bonds is 17. The summed E-state index contributed by atoms with van der Waals surface area (Å²) in [6.45, 7) is 19.5. The predicted octanol–water partition coefficient (Wildman–Crippen LogP) is 8.56. The van der Waals surface area contributed by atoms with Gasteiger partial charge in [0, 0.05) is 38.8 Å². The average Bonchev–Trinajstić information content (AvgIpc) is 3.14. The first kappa shape index (κ1) is 41.2. The first-order valence-corrected chi connectivity index (χ1v) is 22.9. The summed E-state index contributed by atoms with van der Waals surface area (Å²) in [4.78, 5) is 2.63. The zero-order valence-electron chi connectivity index (χ0n) is 33.3. The Kier molecular flexibility index (Phi) is 14.1. The molecule has 0 unspecified atom stereocenters. The highest BCUT2D eigenvalue weighted by Gasteiger charge is 2.48. The first-order chi connectivity index (χ1) is 25.3. The molecule has 53 heavy (non-hydrogen) atoms. The van der Waals surface area contributed by atoms with E-state index in [0.29, 0.717) is 49.5 Å². The van der Waals surface area contributed by atoms with Crippen LogP contribution in [0.25, 0.3) is 0 Å². The van der Waals surface area contributed by atoms with Crippen molar-refractivity contribution in [3.05, 3.63) is 83.4 Å². The lowest BCUT2D eigenvalue weighted by Gasteiger charge is -2.47. The lowest BCUT2D eigenvalue weighted by atomic mass is 9.84. The Morgan fingerprint density at radius 2 is 1.58 bits per heavy atom. The van der Waals surface area contributed by atoms with Crippen LogP contribution in [0.2, 0.25) is 16.6 Å². The molecule has 0 N–H and O–H groups in total. The van der Waals surface area contributed by atoms with Crippen LogP contribution in [0.15, 0.2) is 71.6 Å². The molecule has 3 atom stereocenters. The standard InChI is InChI=1S/C42H62N2O7SSi/c1-30(2)53(31(3)4,32(5)6)51-29-36-26-39(35-14-16-37(48-9)17-15-35)42(27-44(36)52(45,46)38-18-11-33(7)12-19-38)50-28-34-13-20-41-40(25-34)43(22-24-49-41)21-10-23-47-8/h11-20,25,30-32,36,39,42H,10,21-24,26-29H2,1-9H3/t36-,39+,42-/m0/s1. The number of aryl methyl sites for hydroxylation is 1. The van der Waals surface area contributed by atoms with Crippen molar-refractivity contribution in [3.63, 3.8) is 0 Å². The van der Waals surface area contributed by atoms with E-state index in [1.54, 1.807) is 30.7 Å². The van der Waals surface area contributed by atoms with Crippen molar-refractivity contribution < 1.29 is 31.8 Å². The molecular formula is C42H62N2O7SSi. The number of piperidine rings is 1. The Balaban J connectivity index is 1.50. The number of sulfonamides is 1. The molecule has 1 saturated heterocycles. The van der Waals surface area contributed by atoms with Gasteiger partial charge in [0.05, 0.1) is 43.6 Å². The average molecular weight is 767 g/mol. The van der Waals surface area contributed by atoms with Crippen LogP contribution < -0.4 is 14.4 Å². The number of nitrogens with zero attached hydrogens (tertiary/aromatic N) is 2. The zero-order chi connectivity index (χ0) is 38.3. The van der Waals surface area contributed by atoms with Crippen LogP contribution in [0, 0.1) is 6.92 Å². The van der Waals surface area contributed by atoms with Crippen LogP contribution >= 0.6 is 0 Å². The molecule has 0 spiro atoms. The van der Waals surface area contributed by atoms with Crippen molar-refractivity contribution in [2.45, 2.75) is 107 Å². The number of benzene rings is 3. The molecule has 292 valence electrons. The molecule has 0 radical (unpaired) electrons. The molecule has 1 fully saturated rings. The normalized spacial score (nSPS) is 19.8. The third kappa shape index (κ3) is 9.31. The van der Waals surface area contributed by atoms with Crippen molar-refractivity contribution >= 4 is 24.0 Å². The summed E-state index contributed by atoms with van der Waals surface area (Å²) in [5.74, 6) is 1.57. The maximum Gasteiger partial charge on any atom is 0.243 e. The number of hydrogen-bond donors (Lipinski definition) is 0. The van der Waals surface area contributed by atoms with E-state index in [2.05, 4.69) is 64.6 Å². The van der Waals surface area contributed by atoms with E-state index in [-0.39, 0.29) is 23.4 Å². The quantitative estimate of drug-likeness (QED) is 0.0999. The Hall–Kier alpha value is -2.93. The topological polar surface area (TPSA) is 86.8 Å². The van der Waals surface area contributed by atoms with Crippen molar-refractivity contribution in [3.8, 4) is 11.5 Å². The molecule has 0 bridgehead atoms. The number of ether oxygens (including phenoxy) is 4. The highest BCUT2D eigenvalue weighted by Crippen LogP contribution is 2.44. The third-order valence-corrected chi connectivity index (χ3v) is 19.4. The fraction of sp³-hybridized carbons (Fsp3) is 0.571. The Morgan fingerprint density at radius 3 is 2.21 bits per heavy atom. The molecule has 0 aliphatic carbocycles. The number of methoxy groups -OCH3 is 2. The van der Waals surface area contributed by atoms with Crippen LogP contribution in [-0.4, -0.2) is 86.9 Å². The maximum atomic E-state index is 14.7. The smallest absolute Gasteiger partial charge is 0.243 e. The molecule has 0 aromatic heterocycles. The van der Waals surface area contributed by atoms with Crippen molar-refractivity contribution in [1.82, 2.24) is 4.31 Å². The summed E-state index contributed by atoms with van der Waals surface area (Å²) in [5.41, 5.74) is 5.30. The molecule has 0 saturated carbocycles. The van der Waals surface area contributed by atoms with E-state index >= 15 is 0 Å². The van der Waals surface area contributed by atoms with E-state index in [0.717, 1.165) is 53.4 Å². The van der Waals surface area contributed by atoms with Gasteiger partial charge >= 0.3 is 0 Å². The van der Waals surface area contributed by atoms with Gasteiger partial charge in [-0.3, -0.25) is 0 Å². The molecule has 3 aromatic carbocycles. The Bertz CT molecular complexity index is 1690. The zero-order valence-corrected chi connectivity index (χ0v) is 35.2. The Morgan fingerprint density at radius 1 is 0.906 bits per heavy atom. The minimum absolute atomic E-state index is 0.0707. The highest BCUT2D eigenvalue weighted by molar-refractivity contribution is 7.89. The summed E-state index contributed by atoms with van der Waals surface area (Å²) in [6, 6.07) is 21.1. The minimum Gasteiger partial charge on any atom is -0.497 e. The highest BCUT2D eigenvalue weighted by atomic mass is 32.2. The van der Waals surface area contributed by atoms with Gasteiger partial charge in [0.1, 0.15) is 18.1 Å². The van der Waals surface area contributed by atoms with Gasteiger partial charge in [-0.15, -0.1) is 0 Å². The summed E-state index contributed by atoms with van der Waals surface area (Å²) >= 11 is 0. The summed E-state index contributed by atoms with van der Waals surface area (Å²) in [7, 11) is -2.78. The number of fused-ring (bicyclic) bond motifs is 1. The fourth-order valence-corrected chi connectivity index (χ4v) is 15.8. The van der Waals surface area contributed by atoms with Crippen LogP contribution in [0.4, 0.5) is 5.69 Å². The molecule has 2 heterocycles. The largest absolute Gasteiger partial charge is 0.497 e. The monoisotopic (exact) mass is 766 g/mol. The SMILES string of the molecule is COCCCN1CCOc2ccc(CO[C@H]3CN(S(=O)(=O)c4ccc(C)cc4)[C@H](CO[Si](C(C)C)(C(C)C)C(C)C)C[C@@H]3c3ccc(OC)cc3)cc21. The van der Waals surface area contributed by atoms with E-state index in [1.165, 1.54) is 0 Å². The van der Waals surface area contributed by atoms with Crippen LogP contribution in [0.3, 0.4) is 0 Å². The summed E-state index contributed by atoms with van der Waals surface area (Å²) < 4.78 is 61.8. The molecule has 2 aliphatic rings.